The molecular formula is C9H9BrN2. The van der Waals surface area contributed by atoms with Gasteiger partial charge >= 0.3 is 0 Å². The van der Waals surface area contributed by atoms with Crippen LogP contribution in [0.4, 0.5) is 0 Å². The van der Waals surface area contributed by atoms with Gasteiger partial charge < -0.3 is 4.40 Å². The van der Waals surface area contributed by atoms with Crippen molar-refractivity contribution in [3.05, 3.63) is 35.9 Å². The molecule has 0 aliphatic carbocycles. The first-order valence-corrected chi connectivity index (χ1v) is 4.93. The van der Waals surface area contributed by atoms with Gasteiger partial charge in [0.25, 0.3) is 0 Å². The molecule has 2 aromatic rings. The smallest absolute Gasteiger partial charge is 0.110 e. The minimum absolute atomic E-state index is 0.814. The van der Waals surface area contributed by atoms with Crippen LogP contribution in [-0.4, -0.2) is 9.38 Å². The van der Waals surface area contributed by atoms with Gasteiger partial charge in [-0.15, -0.1) is 0 Å². The zero-order valence-corrected chi connectivity index (χ0v) is 8.37. The molecule has 2 rings (SSSR count). The molecule has 0 N–H and O–H groups in total. The van der Waals surface area contributed by atoms with Crippen LogP contribution < -0.4 is 0 Å². The molecule has 3 heteroatoms. The summed E-state index contributed by atoms with van der Waals surface area (Å²) in [6.45, 7) is 2.01. The van der Waals surface area contributed by atoms with Crippen molar-refractivity contribution in [2.45, 2.75) is 12.3 Å². The van der Waals surface area contributed by atoms with Gasteiger partial charge in [0.15, 0.2) is 0 Å². The average molecular weight is 225 g/mol. The van der Waals surface area contributed by atoms with Crippen molar-refractivity contribution in [2.24, 2.45) is 0 Å². The van der Waals surface area contributed by atoms with Crippen LogP contribution in [0.2, 0.25) is 0 Å². The van der Waals surface area contributed by atoms with E-state index in [1.165, 1.54) is 5.52 Å². The Morgan fingerprint density at radius 3 is 3.08 bits per heavy atom. The van der Waals surface area contributed by atoms with Gasteiger partial charge in [-0.25, -0.2) is 4.98 Å². The van der Waals surface area contributed by atoms with Crippen molar-refractivity contribution in [1.82, 2.24) is 9.38 Å². The van der Waals surface area contributed by atoms with Crippen LogP contribution in [0.3, 0.4) is 0 Å². The van der Waals surface area contributed by atoms with E-state index in [4.69, 9.17) is 0 Å². The summed E-state index contributed by atoms with van der Waals surface area (Å²) in [6.07, 6.45) is 2.03. The van der Waals surface area contributed by atoms with Crippen LogP contribution in [-0.2, 0) is 5.33 Å². The van der Waals surface area contributed by atoms with E-state index in [-0.39, 0.29) is 0 Å². The van der Waals surface area contributed by atoms with Crippen LogP contribution in [0.5, 0.6) is 0 Å². The lowest BCUT2D eigenvalue weighted by Gasteiger charge is -1.93. The number of imidazole rings is 1. The van der Waals surface area contributed by atoms with Crippen LogP contribution in [0.25, 0.3) is 5.52 Å². The molecule has 2 aromatic heterocycles. The lowest BCUT2D eigenvalue weighted by Crippen LogP contribution is -1.84. The minimum atomic E-state index is 0.814. The van der Waals surface area contributed by atoms with E-state index < -0.39 is 0 Å². The molecule has 0 fully saturated rings. The third kappa shape index (κ3) is 1.05. The Kier molecular flexibility index (Phi) is 1.89. The zero-order valence-electron chi connectivity index (χ0n) is 6.79. The third-order valence-corrected chi connectivity index (χ3v) is 2.46. The van der Waals surface area contributed by atoms with Crippen molar-refractivity contribution in [1.29, 1.82) is 0 Å². The van der Waals surface area contributed by atoms with E-state index >= 15 is 0 Å². The van der Waals surface area contributed by atoms with E-state index in [1.54, 1.807) is 0 Å². The van der Waals surface area contributed by atoms with Crippen molar-refractivity contribution in [3.8, 4) is 0 Å². The number of halogens is 1. The lowest BCUT2D eigenvalue weighted by atomic mass is 10.3. The second-order valence-electron chi connectivity index (χ2n) is 2.70. The number of hydrogen-bond acceptors (Lipinski definition) is 1. The Labute approximate surface area is 79.4 Å². The topological polar surface area (TPSA) is 17.3 Å². The van der Waals surface area contributed by atoms with Crippen LogP contribution in [0.15, 0.2) is 24.4 Å². The lowest BCUT2D eigenvalue weighted by molar-refractivity contribution is 1.04. The normalized spacial score (nSPS) is 10.8. The fourth-order valence-corrected chi connectivity index (χ4v) is 1.78. The van der Waals surface area contributed by atoms with Crippen molar-refractivity contribution < 1.29 is 0 Å². The summed E-state index contributed by atoms with van der Waals surface area (Å²) in [5, 5.41) is 0.814. The van der Waals surface area contributed by atoms with Crippen LogP contribution in [0, 0.1) is 6.92 Å². The molecule has 0 amide bonds. The Bertz CT molecular complexity index is 406. The molecule has 2 nitrogen and oxygen atoms in total. The molecule has 2 heterocycles. The molecule has 0 unspecified atom stereocenters. The average Bonchev–Trinajstić information content (AvgIpc) is 2.44. The first-order valence-electron chi connectivity index (χ1n) is 3.81. The summed E-state index contributed by atoms with van der Waals surface area (Å²) < 4.78 is 2.09. The highest BCUT2D eigenvalue weighted by Crippen LogP contribution is 2.14. The Morgan fingerprint density at radius 2 is 2.33 bits per heavy atom. The van der Waals surface area contributed by atoms with E-state index in [1.807, 2.05) is 25.3 Å². The number of fused-ring (bicyclic) bond motifs is 1. The molecule has 0 spiro atoms. The van der Waals surface area contributed by atoms with Crippen molar-refractivity contribution in [2.75, 3.05) is 0 Å². The van der Waals surface area contributed by atoms with Crippen molar-refractivity contribution in [3.63, 3.8) is 0 Å². The fraction of sp³-hybridized carbons (Fsp3) is 0.222. The predicted octanol–water partition coefficient (Wildman–Crippen LogP) is 2.54. The minimum Gasteiger partial charge on any atom is -0.304 e. The molecule has 0 bridgehead atoms. The van der Waals surface area contributed by atoms with Gasteiger partial charge in [0.05, 0.1) is 11.2 Å². The van der Waals surface area contributed by atoms with Gasteiger partial charge in [-0.05, 0) is 19.1 Å². The number of aromatic nitrogens is 2. The highest BCUT2D eigenvalue weighted by molar-refractivity contribution is 9.08. The molecule has 0 saturated heterocycles. The zero-order chi connectivity index (χ0) is 8.55. The summed E-state index contributed by atoms with van der Waals surface area (Å²) in [4.78, 5) is 4.42. The SMILES string of the molecule is Cc1nc(CBr)c2ccccn12. The number of aryl methyl sites for hydroxylation is 1. The van der Waals surface area contributed by atoms with E-state index in [0.717, 1.165) is 16.8 Å². The molecule has 0 atom stereocenters. The summed E-state index contributed by atoms with van der Waals surface area (Å²) >= 11 is 3.42. The molecule has 0 radical (unpaired) electrons. The second kappa shape index (κ2) is 2.90. The first-order chi connectivity index (χ1) is 5.83. The molecule has 0 aliphatic heterocycles. The van der Waals surface area contributed by atoms with Crippen LogP contribution in [0.1, 0.15) is 11.5 Å². The Morgan fingerprint density at radius 1 is 1.50 bits per heavy atom. The van der Waals surface area contributed by atoms with E-state index in [0.29, 0.717) is 0 Å². The summed E-state index contributed by atoms with van der Waals surface area (Å²) in [7, 11) is 0. The summed E-state index contributed by atoms with van der Waals surface area (Å²) in [5.41, 5.74) is 2.29. The van der Waals surface area contributed by atoms with Gasteiger partial charge in [-0.1, -0.05) is 22.0 Å². The highest BCUT2D eigenvalue weighted by Gasteiger charge is 2.04. The number of rotatable bonds is 1. The molecule has 0 aromatic carbocycles. The second-order valence-corrected chi connectivity index (χ2v) is 3.26. The number of hydrogen-bond donors (Lipinski definition) is 0. The molecular weight excluding hydrogens is 216 g/mol. The standard InChI is InChI=1S/C9H9BrN2/c1-7-11-8(6-10)9-4-2-3-5-12(7)9/h2-5H,6H2,1H3. The maximum Gasteiger partial charge on any atom is 0.110 e. The van der Waals surface area contributed by atoms with E-state index in [9.17, 15) is 0 Å². The Balaban J connectivity index is 2.82. The largest absolute Gasteiger partial charge is 0.304 e. The molecule has 0 saturated carbocycles. The molecule has 12 heavy (non-hydrogen) atoms. The van der Waals surface area contributed by atoms with E-state index in [2.05, 4.69) is 31.4 Å². The van der Waals surface area contributed by atoms with Gasteiger partial charge in [0.2, 0.25) is 0 Å². The van der Waals surface area contributed by atoms with Gasteiger partial charge in [0, 0.05) is 11.5 Å². The quantitative estimate of drug-likeness (QED) is 0.681. The third-order valence-electron chi connectivity index (χ3n) is 1.93. The Hall–Kier alpha value is -0.830. The summed E-state index contributed by atoms with van der Waals surface area (Å²) in [5.74, 6) is 1.04. The molecule has 62 valence electrons. The van der Waals surface area contributed by atoms with Gasteiger partial charge in [-0.3, -0.25) is 0 Å². The fourth-order valence-electron chi connectivity index (χ4n) is 1.37. The number of alkyl halides is 1. The van der Waals surface area contributed by atoms with Gasteiger partial charge in [0.1, 0.15) is 5.82 Å². The van der Waals surface area contributed by atoms with Gasteiger partial charge in [-0.2, -0.15) is 0 Å². The van der Waals surface area contributed by atoms with Crippen molar-refractivity contribution >= 4 is 21.4 Å². The highest BCUT2D eigenvalue weighted by atomic mass is 79.9. The summed E-state index contributed by atoms with van der Waals surface area (Å²) in [6, 6.07) is 6.12. The maximum atomic E-state index is 4.42. The number of pyridine rings is 1. The number of nitrogens with zero attached hydrogens (tertiary/aromatic N) is 2. The van der Waals surface area contributed by atoms with Crippen LogP contribution >= 0.6 is 15.9 Å². The maximum absolute atomic E-state index is 4.42. The predicted molar refractivity (Wildman–Crippen MR) is 52.6 cm³/mol. The molecule has 0 aliphatic rings. The first kappa shape index (κ1) is 7.80. The monoisotopic (exact) mass is 224 g/mol.